The Kier molecular flexibility index (Phi) is 3.67. The SMILES string of the molecule is CC#Cc1ccc(OC(F)(F)F)cc1OC. The van der Waals surface area contributed by atoms with Crippen molar-refractivity contribution in [3.8, 4) is 23.3 Å². The van der Waals surface area contributed by atoms with E-state index in [0.29, 0.717) is 5.56 Å². The Bertz CT molecular complexity index is 427. The summed E-state index contributed by atoms with van der Waals surface area (Å²) < 4.78 is 44.5. The second-order valence-corrected chi connectivity index (χ2v) is 2.78. The molecule has 1 rings (SSSR count). The molecule has 0 heterocycles. The smallest absolute Gasteiger partial charge is 0.495 e. The molecule has 0 radical (unpaired) electrons. The van der Waals surface area contributed by atoms with Crippen LogP contribution in [-0.4, -0.2) is 13.5 Å². The van der Waals surface area contributed by atoms with Crippen molar-refractivity contribution >= 4 is 0 Å². The zero-order valence-electron chi connectivity index (χ0n) is 8.68. The number of hydrogen-bond acceptors (Lipinski definition) is 2. The Labute approximate surface area is 91.0 Å². The van der Waals surface area contributed by atoms with Crippen LogP contribution in [0.3, 0.4) is 0 Å². The highest BCUT2D eigenvalue weighted by Crippen LogP contribution is 2.28. The first-order valence-electron chi connectivity index (χ1n) is 4.33. The maximum atomic E-state index is 11.9. The first kappa shape index (κ1) is 12.2. The average molecular weight is 230 g/mol. The number of alkyl halides is 3. The summed E-state index contributed by atoms with van der Waals surface area (Å²) in [6, 6.07) is 3.75. The molecule has 0 atom stereocenters. The fraction of sp³-hybridized carbons (Fsp3) is 0.273. The first-order chi connectivity index (χ1) is 7.46. The van der Waals surface area contributed by atoms with Gasteiger partial charge in [0.1, 0.15) is 11.5 Å². The van der Waals surface area contributed by atoms with Gasteiger partial charge in [-0.05, 0) is 19.1 Å². The minimum Gasteiger partial charge on any atom is -0.495 e. The third-order valence-electron chi connectivity index (χ3n) is 1.67. The largest absolute Gasteiger partial charge is 0.573 e. The van der Waals surface area contributed by atoms with E-state index in [1.165, 1.54) is 19.2 Å². The average Bonchev–Trinajstić information content (AvgIpc) is 2.18. The van der Waals surface area contributed by atoms with E-state index in [1.807, 2.05) is 0 Å². The molecule has 0 N–H and O–H groups in total. The molecule has 1 aromatic rings. The molecule has 0 unspecified atom stereocenters. The zero-order chi connectivity index (χ0) is 12.2. The molecule has 86 valence electrons. The van der Waals surface area contributed by atoms with Crippen molar-refractivity contribution in [3.63, 3.8) is 0 Å². The Hall–Kier alpha value is -1.83. The molecule has 0 saturated carbocycles. The van der Waals surface area contributed by atoms with Gasteiger partial charge in [-0.2, -0.15) is 0 Å². The highest BCUT2D eigenvalue weighted by molar-refractivity contribution is 5.49. The Morgan fingerprint density at radius 1 is 1.25 bits per heavy atom. The lowest BCUT2D eigenvalue weighted by atomic mass is 10.2. The lowest BCUT2D eigenvalue weighted by Gasteiger charge is -2.10. The van der Waals surface area contributed by atoms with Crippen molar-refractivity contribution in [1.82, 2.24) is 0 Å². The maximum absolute atomic E-state index is 11.9. The van der Waals surface area contributed by atoms with Crippen LogP contribution in [0.25, 0.3) is 0 Å². The molecule has 0 saturated heterocycles. The second-order valence-electron chi connectivity index (χ2n) is 2.78. The molecule has 0 aromatic heterocycles. The molecule has 2 nitrogen and oxygen atoms in total. The fourth-order valence-corrected chi connectivity index (χ4v) is 1.11. The molecular weight excluding hydrogens is 221 g/mol. The predicted molar refractivity (Wildman–Crippen MR) is 52.2 cm³/mol. The molecule has 0 fully saturated rings. The van der Waals surface area contributed by atoms with Crippen LogP contribution in [0.1, 0.15) is 12.5 Å². The summed E-state index contributed by atoms with van der Waals surface area (Å²) in [6.45, 7) is 1.62. The second kappa shape index (κ2) is 4.79. The molecule has 0 aliphatic heterocycles. The highest BCUT2D eigenvalue weighted by atomic mass is 19.4. The van der Waals surface area contributed by atoms with Crippen molar-refractivity contribution < 1.29 is 22.6 Å². The molecule has 0 amide bonds. The van der Waals surface area contributed by atoms with Gasteiger partial charge in [-0.3, -0.25) is 0 Å². The van der Waals surface area contributed by atoms with Gasteiger partial charge in [0.2, 0.25) is 0 Å². The summed E-state index contributed by atoms with van der Waals surface area (Å²) in [5, 5.41) is 0. The molecule has 0 spiro atoms. The van der Waals surface area contributed by atoms with E-state index in [4.69, 9.17) is 4.74 Å². The molecule has 1 aromatic carbocycles. The Morgan fingerprint density at radius 2 is 1.94 bits per heavy atom. The van der Waals surface area contributed by atoms with E-state index >= 15 is 0 Å². The van der Waals surface area contributed by atoms with Crippen molar-refractivity contribution in [2.24, 2.45) is 0 Å². The summed E-state index contributed by atoms with van der Waals surface area (Å²) in [6.07, 6.45) is -4.71. The van der Waals surface area contributed by atoms with Crippen LogP contribution >= 0.6 is 0 Å². The normalized spacial score (nSPS) is 10.3. The molecule has 5 heteroatoms. The minimum atomic E-state index is -4.71. The lowest BCUT2D eigenvalue weighted by Crippen LogP contribution is -2.17. The fourth-order valence-electron chi connectivity index (χ4n) is 1.11. The molecule has 0 aliphatic rings. The molecule has 0 bridgehead atoms. The predicted octanol–water partition coefficient (Wildman–Crippen LogP) is 2.97. The highest BCUT2D eigenvalue weighted by Gasteiger charge is 2.31. The van der Waals surface area contributed by atoms with Crippen LogP contribution in [-0.2, 0) is 0 Å². The molecule has 16 heavy (non-hydrogen) atoms. The minimum absolute atomic E-state index is 0.246. The number of ether oxygens (including phenoxy) is 2. The van der Waals surface area contributed by atoms with Crippen LogP contribution in [0, 0.1) is 11.8 Å². The maximum Gasteiger partial charge on any atom is 0.573 e. The van der Waals surface area contributed by atoms with Crippen molar-refractivity contribution in [1.29, 1.82) is 0 Å². The lowest BCUT2D eigenvalue weighted by molar-refractivity contribution is -0.274. The van der Waals surface area contributed by atoms with Crippen molar-refractivity contribution in [3.05, 3.63) is 23.8 Å². The number of hydrogen-bond donors (Lipinski definition) is 0. The van der Waals surface area contributed by atoms with E-state index in [0.717, 1.165) is 6.07 Å². The summed E-state index contributed by atoms with van der Waals surface area (Å²) >= 11 is 0. The van der Waals surface area contributed by atoms with E-state index < -0.39 is 6.36 Å². The summed E-state index contributed by atoms with van der Waals surface area (Å²) in [5.41, 5.74) is 0.513. The van der Waals surface area contributed by atoms with Gasteiger partial charge in [-0.15, -0.1) is 19.1 Å². The van der Waals surface area contributed by atoms with Crippen molar-refractivity contribution in [2.45, 2.75) is 13.3 Å². The van der Waals surface area contributed by atoms with Crippen LogP contribution in [0.15, 0.2) is 18.2 Å². The number of halogens is 3. The topological polar surface area (TPSA) is 18.5 Å². The summed E-state index contributed by atoms with van der Waals surface area (Å²) in [5.74, 6) is 5.26. The zero-order valence-corrected chi connectivity index (χ0v) is 8.68. The first-order valence-corrected chi connectivity index (χ1v) is 4.33. The van der Waals surface area contributed by atoms with Gasteiger partial charge in [0.15, 0.2) is 0 Å². The van der Waals surface area contributed by atoms with E-state index in [1.54, 1.807) is 6.92 Å². The Balaban J connectivity index is 3.03. The number of methoxy groups -OCH3 is 1. The summed E-state index contributed by atoms with van der Waals surface area (Å²) in [7, 11) is 1.35. The quantitative estimate of drug-likeness (QED) is 0.727. The van der Waals surface area contributed by atoms with Crippen LogP contribution in [0.2, 0.25) is 0 Å². The van der Waals surface area contributed by atoms with E-state index in [2.05, 4.69) is 16.6 Å². The van der Waals surface area contributed by atoms with Gasteiger partial charge in [0.25, 0.3) is 0 Å². The number of benzene rings is 1. The Morgan fingerprint density at radius 3 is 2.44 bits per heavy atom. The van der Waals surface area contributed by atoms with Crippen LogP contribution < -0.4 is 9.47 Å². The summed E-state index contributed by atoms with van der Waals surface area (Å²) in [4.78, 5) is 0. The standard InChI is InChI=1S/C11H9F3O2/c1-3-4-8-5-6-9(7-10(8)15-2)16-11(12,13)14/h5-7H,1-2H3. The molecular formula is C11H9F3O2. The van der Waals surface area contributed by atoms with Gasteiger partial charge in [-0.25, -0.2) is 0 Å². The molecule has 0 aliphatic carbocycles. The monoisotopic (exact) mass is 230 g/mol. The van der Waals surface area contributed by atoms with Gasteiger partial charge >= 0.3 is 6.36 Å². The van der Waals surface area contributed by atoms with Crippen LogP contribution in [0.4, 0.5) is 13.2 Å². The van der Waals surface area contributed by atoms with E-state index in [-0.39, 0.29) is 11.5 Å². The van der Waals surface area contributed by atoms with E-state index in [9.17, 15) is 13.2 Å². The van der Waals surface area contributed by atoms with Crippen LogP contribution in [0.5, 0.6) is 11.5 Å². The van der Waals surface area contributed by atoms with Gasteiger partial charge in [0, 0.05) is 6.07 Å². The van der Waals surface area contributed by atoms with Gasteiger partial charge in [-0.1, -0.05) is 5.92 Å². The third-order valence-corrected chi connectivity index (χ3v) is 1.67. The van der Waals surface area contributed by atoms with Gasteiger partial charge in [0.05, 0.1) is 12.7 Å². The third kappa shape index (κ3) is 3.39. The van der Waals surface area contributed by atoms with Crippen molar-refractivity contribution in [2.75, 3.05) is 7.11 Å². The number of rotatable bonds is 2. The van der Waals surface area contributed by atoms with Gasteiger partial charge < -0.3 is 9.47 Å².